The summed E-state index contributed by atoms with van der Waals surface area (Å²) in [5, 5.41) is 14.6. The molecule has 0 aliphatic heterocycles. The lowest BCUT2D eigenvalue weighted by atomic mass is 10.0. The van der Waals surface area contributed by atoms with Crippen molar-refractivity contribution in [1.29, 1.82) is 5.41 Å². The number of hydrogen-bond acceptors (Lipinski definition) is 6. The highest BCUT2D eigenvalue weighted by Crippen LogP contribution is 2.05. The van der Waals surface area contributed by atoms with Crippen molar-refractivity contribution in [2.45, 2.75) is 64.1 Å². The first-order valence-corrected chi connectivity index (χ1v) is 9.17. The van der Waals surface area contributed by atoms with Crippen molar-refractivity contribution in [3.05, 3.63) is 0 Å². The number of primary amides is 1. The minimum absolute atomic E-state index is 0.0151. The zero-order valence-corrected chi connectivity index (χ0v) is 16.4. The van der Waals surface area contributed by atoms with Crippen molar-refractivity contribution >= 4 is 30.0 Å². The van der Waals surface area contributed by atoms with Gasteiger partial charge in [0, 0.05) is 13.0 Å². The number of hydrogen-bond donors (Lipinski definition) is 7. The van der Waals surface area contributed by atoms with Crippen molar-refractivity contribution in [3.63, 3.8) is 0 Å². The summed E-state index contributed by atoms with van der Waals surface area (Å²) in [6.45, 7) is 4.18. The van der Waals surface area contributed by atoms with Gasteiger partial charge >= 0.3 is 0 Å². The number of amides is 3. The van der Waals surface area contributed by atoms with E-state index in [-0.39, 0.29) is 31.1 Å². The molecule has 28 heavy (non-hydrogen) atoms. The average Bonchev–Trinajstić information content (AvgIpc) is 2.59. The zero-order chi connectivity index (χ0) is 21.7. The average molecular weight is 398 g/mol. The predicted octanol–water partition coefficient (Wildman–Crippen LogP) is -2.03. The Morgan fingerprint density at radius 3 is 2.21 bits per heavy atom. The minimum Gasteiger partial charge on any atom is -0.370 e. The highest BCUT2D eigenvalue weighted by atomic mass is 16.2. The summed E-state index contributed by atoms with van der Waals surface area (Å²) in [7, 11) is 0. The Kier molecular flexibility index (Phi) is 12.2. The number of nitrogens with one attached hydrogen (secondary N) is 4. The van der Waals surface area contributed by atoms with E-state index < -0.39 is 35.8 Å². The van der Waals surface area contributed by atoms with E-state index in [9.17, 15) is 19.2 Å². The van der Waals surface area contributed by atoms with Crippen molar-refractivity contribution < 1.29 is 19.2 Å². The van der Waals surface area contributed by atoms with Crippen molar-refractivity contribution in [3.8, 4) is 0 Å². The molecule has 0 rings (SSSR count). The van der Waals surface area contributed by atoms with Gasteiger partial charge in [-0.15, -0.1) is 0 Å². The molecule has 3 amide bonds. The molecule has 0 aromatic carbocycles. The standard InChI is InChI=1S/C17H32N7O4/c1-10(2)8-12(18)15(27)24-13(5-6-14(19)26)16(28)23-11(9-25)4-3-7-22-17(20)21/h10-13H,3-8,18H2,1-2H3,(H2,19,26)(H,23,28)(H,24,27)(H4,20,21,22)/t11-,12-,13-/m0/s1. The summed E-state index contributed by atoms with van der Waals surface area (Å²) in [4.78, 5) is 46.9. The van der Waals surface area contributed by atoms with E-state index in [2.05, 4.69) is 16.0 Å². The molecule has 0 aliphatic carbocycles. The van der Waals surface area contributed by atoms with Gasteiger partial charge in [-0.3, -0.25) is 24.6 Å². The smallest absolute Gasteiger partial charge is 0.243 e. The summed E-state index contributed by atoms with van der Waals surface area (Å²) in [6, 6.07) is -2.75. The van der Waals surface area contributed by atoms with Gasteiger partial charge in [0.2, 0.25) is 24.0 Å². The van der Waals surface area contributed by atoms with Crippen LogP contribution in [0.5, 0.6) is 0 Å². The number of rotatable bonds is 14. The maximum absolute atomic E-state index is 12.5. The molecule has 0 bridgehead atoms. The van der Waals surface area contributed by atoms with Crippen LogP contribution in [0.2, 0.25) is 0 Å². The quantitative estimate of drug-likeness (QED) is 0.0990. The molecule has 1 radical (unpaired) electrons. The maximum atomic E-state index is 12.5. The van der Waals surface area contributed by atoms with Crippen LogP contribution in [-0.2, 0) is 19.2 Å². The van der Waals surface area contributed by atoms with Gasteiger partial charge in [-0.05, 0) is 31.6 Å². The topological polar surface area (TPSA) is 206 Å². The van der Waals surface area contributed by atoms with E-state index in [1.54, 1.807) is 6.29 Å². The Morgan fingerprint density at radius 1 is 1.07 bits per heavy atom. The lowest BCUT2D eigenvalue weighted by Crippen LogP contribution is -2.54. The molecule has 0 unspecified atom stereocenters. The van der Waals surface area contributed by atoms with Gasteiger partial charge in [0.15, 0.2) is 5.96 Å². The second-order valence-corrected chi connectivity index (χ2v) is 6.96. The highest BCUT2D eigenvalue weighted by Gasteiger charge is 2.26. The van der Waals surface area contributed by atoms with E-state index in [4.69, 9.17) is 22.6 Å². The van der Waals surface area contributed by atoms with Crippen LogP contribution in [0.4, 0.5) is 0 Å². The molecule has 0 aliphatic rings. The summed E-state index contributed by atoms with van der Waals surface area (Å²) in [5.41, 5.74) is 16.1. The first-order valence-electron chi connectivity index (χ1n) is 9.17. The Balaban J connectivity index is 4.84. The van der Waals surface area contributed by atoms with E-state index in [1.165, 1.54) is 0 Å². The van der Waals surface area contributed by atoms with Gasteiger partial charge in [-0.25, -0.2) is 0 Å². The second-order valence-electron chi connectivity index (χ2n) is 6.96. The molecule has 3 atom stereocenters. The van der Waals surface area contributed by atoms with Crippen LogP contribution in [0.1, 0.15) is 46.0 Å². The lowest BCUT2D eigenvalue weighted by Gasteiger charge is -2.22. The largest absolute Gasteiger partial charge is 0.370 e. The van der Waals surface area contributed by atoms with Crippen molar-refractivity contribution in [2.75, 3.05) is 6.54 Å². The first-order chi connectivity index (χ1) is 13.1. The maximum Gasteiger partial charge on any atom is 0.243 e. The predicted molar refractivity (Wildman–Crippen MR) is 105 cm³/mol. The molecule has 0 saturated carbocycles. The molecule has 0 heterocycles. The Labute approximate surface area is 165 Å². The van der Waals surface area contributed by atoms with E-state index in [1.807, 2.05) is 13.8 Å². The zero-order valence-electron chi connectivity index (χ0n) is 16.4. The van der Waals surface area contributed by atoms with Gasteiger partial charge in [0.05, 0.1) is 12.1 Å². The molecule has 11 nitrogen and oxygen atoms in total. The number of carbonyl (C=O) groups excluding carboxylic acids is 4. The molecule has 0 fully saturated rings. The fourth-order valence-electron chi connectivity index (χ4n) is 2.41. The second kappa shape index (κ2) is 13.5. The third kappa shape index (κ3) is 11.8. The number of guanidine groups is 1. The van der Waals surface area contributed by atoms with E-state index in [0.717, 1.165) is 0 Å². The Bertz CT molecular complexity index is 554. The third-order valence-corrected chi connectivity index (χ3v) is 3.82. The molecule has 11 heteroatoms. The van der Waals surface area contributed by atoms with E-state index >= 15 is 0 Å². The monoisotopic (exact) mass is 398 g/mol. The van der Waals surface area contributed by atoms with Crippen molar-refractivity contribution in [1.82, 2.24) is 16.0 Å². The number of carbonyl (C=O) groups is 3. The molecule has 0 spiro atoms. The normalized spacial score (nSPS) is 13.9. The Hall–Kier alpha value is -2.69. The van der Waals surface area contributed by atoms with Crippen LogP contribution in [0, 0.1) is 11.3 Å². The number of nitrogens with two attached hydrogens (primary N) is 3. The Morgan fingerprint density at radius 2 is 1.71 bits per heavy atom. The van der Waals surface area contributed by atoms with Crippen LogP contribution in [0.25, 0.3) is 0 Å². The summed E-state index contributed by atoms with van der Waals surface area (Å²) in [5.74, 6) is -1.76. The molecule has 0 aromatic rings. The van der Waals surface area contributed by atoms with Gasteiger partial charge in [-0.1, -0.05) is 13.8 Å². The van der Waals surface area contributed by atoms with E-state index in [0.29, 0.717) is 19.4 Å². The SMILES string of the molecule is CC(C)C[C@H](N)C(=O)N[C@@H](CCC(N)=O)C(=O)N[C@H]([C]=O)CCCNC(=N)N. The fourth-order valence-corrected chi connectivity index (χ4v) is 2.41. The third-order valence-electron chi connectivity index (χ3n) is 3.82. The fraction of sp³-hybridized carbons (Fsp3) is 0.706. The summed E-state index contributed by atoms with van der Waals surface area (Å²) in [6.07, 6.45) is 2.74. The molecule has 0 saturated heterocycles. The highest BCUT2D eigenvalue weighted by molar-refractivity contribution is 5.91. The molecular weight excluding hydrogens is 366 g/mol. The lowest BCUT2D eigenvalue weighted by molar-refractivity contribution is -0.130. The van der Waals surface area contributed by atoms with Gasteiger partial charge in [0.25, 0.3) is 0 Å². The van der Waals surface area contributed by atoms with Gasteiger partial charge in [-0.2, -0.15) is 0 Å². The molecule has 0 aromatic heterocycles. The van der Waals surface area contributed by atoms with Crippen molar-refractivity contribution in [2.24, 2.45) is 23.1 Å². The van der Waals surface area contributed by atoms with Crippen LogP contribution < -0.4 is 33.2 Å². The summed E-state index contributed by atoms with van der Waals surface area (Å²) >= 11 is 0. The first kappa shape index (κ1) is 25.3. The van der Waals surface area contributed by atoms with Crippen LogP contribution >= 0.6 is 0 Å². The molecule has 10 N–H and O–H groups in total. The molecular formula is C17H32N7O4. The molecule has 159 valence electrons. The van der Waals surface area contributed by atoms with Crippen LogP contribution in [-0.4, -0.2) is 54.6 Å². The summed E-state index contributed by atoms with van der Waals surface area (Å²) < 4.78 is 0. The van der Waals surface area contributed by atoms with Crippen LogP contribution in [0.15, 0.2) is 0 Å². The van der Waals surface area contributed by atoms with Crippen LogP contribution in [0.3, 0.4) is 0 Å². The van der Waals surface area contributed by atoms with Gasteiger partial charge in [0.1, 0.15) is 6.04 Å². The van der Waals surface area contributed by atoms with Gasteiger partial charge < -0.3 is 33.2 Å². The minimum atomic E-state index is -1.05.